The maximum absolute atomic E-state index is 12.0. The number of likely N-dealkylation sites (tertiary alicyclic amines) is 1. The van der Waals surface area contributed by atoms with Gasteiger partial charge in [-0.05, 0) is 58.2 Å². The van der Waals surface area contributed by atoms with E-state index in [1.165, 1.54) is 25.9 Å². The molecular formula is C19H37N5O3S. The number of carbonyl (C=O) groups excluding carboxylic acids is 1. The van der Waals surface area contributed by atoms with E-state index < -0.39 is 9.84 Å². The topological polar surface area (TPSA) is 103 Å². The molecule has 2 aliphatic rings. The second kappa shape index (κ2) is 11.6. The molecule has 0 aromatic carbocycles. The van der Waals surface area contributed by atoms with Crippen LogP contribution in [0.25, 0.3) is 0 Å². The van der Waals surface area contributed by atoms with E-state index in [-0.39, 0.29) is 23.5 Å². The Morgan fingerprint density at radius 2 is 1.93 bits per heavy atom. The monoisotopic (exact) mass is 415 g/mol. The van der Waals surface area contributed by atoms with Crippen molar-refractivity contribution in [2.24, 2.45) is 10.9 Å². The number of sulfone groups is 1. The summed E-state index contributed by atoms with van der Waals surface area (Å²) in [5, 5.41) is 9.19. The highest BCUT2D eigenvalue weighted by atomic mass is 32.2. The van der Waals surface area contributed by atoms with Crippen LogP contribution < -0.4 is 16.0 Å². The molecule has 1 atom stereocenters. The Morgan fingerprint density at radius 3 is 2.57 bits per heavy atom. The minimum Gasteiger partial charge on any atom is -0.357 e. The summed E-state index contributed by atoms with van der Waals surface area (Å²) in [6.45, 7) is 9.81. The lowest BCUT2D eigenvalue weighted by molar-refractivity contribution is -0.121. The SMILES string of the molecule is CCNC(=NCCCN1CCC(C)CC1)NCCC(=O)NC1CCS(=O)(=O)C1. The molecule has 3 N–H and O–H groups in total. The van der Waals surface area contributed by atoms with E-state index in [2.05, 4.69) is 32.8 Å². The quantitative estimate of drug-likeness (QED) is 0.285. The summed E-state index contributed by atoms with van der Waals surface area (Å²) in [6.07, 6.45) is 4.43. The number of piperidine rings is 1. The van der Waals surface area contributed by atoms with Crippen molar-refractivity contribution in [1.82, 2.24) is 20.9 Å². The molecule has 0 aliphatic carbocycles. The van der Waals surface area contributed by atoms with Gasteiger partial charge in [0.1, 0.15) is 0 Å². The summed E-state index contributed by atoms with van der Waals surface area (Å²) >= 11 is 0. The fourth-order valence-electron chi connectivity index (χ4n) is 3.62. The molecule has 2 rings (SSSR count). The van der Waals surface area contributed by atoms with Crippen LogP contribution in [0.2, 0.25) is 0 Å². The predicted molar refractivity (Wildman–Crippen MR) is 113 cm³/mol. The van der Waals surface area contributed by atoms with Crippen molar-refractivity contribution in [3.8, 4) is 0 Å². The maximum Gasteiger partial charge on any atom is 0.222 e. The highest BCUT2D eigenvalue weighted by molar-refractivity contribution is 7.91. The van der Waals surface area contributed by atoms with E-state index in [0.29, 0.717) is 19.4 Å². The fourth-order valence-corrected chi connectivity index (χ4v) is 5.29. The van der Waals surface area contributed by atoms with Crippen molar-refractivity contribution in [1.29, 1.82) is 0 Å². The molecule has 0 bridgehead atoms. The molecule has 2 aliphatic heterocycles. The first kappa shape index (κ1) is 22.9. The Kier molecular flexibility index (Phi) is 9.50. The Bertz CT molecular complexity index is 615. The molecule has 28 heavy (non-hydrogen) atoms. The van der Waals surface area contributed by atoms with Crippen LogP contribution in [0.15, 0.2) is 4.99 Å². The number of hydrogen-bond donors (Lipinski definition) is 3. The summed E-state index contributed by atoms with van der Waals surface area (Å²) in [7, 11) is -2.97. The smallest absolute Gasteiger partial charge is 0.222 e. The van der Waals surface area contributed by atoms with Gasteiger partial charge in [-0.25, -0.2) is 8.42 Å². The number of nitrogens with one attached hydrogen (secondary N) is 3. The lowest BCUT2D eigenvalue weighted by atomic mass is 9.99. The largest absolute Gasteiger partial charge is 0.357 e. The van der Waals surface area contributed by atoms with Gasteiger partial charge in [0.2, 0.25) is 5.91 Å². The van der Waals surface area contributed by atoms with Crippen molar-refractivity contribution in [2.75, 3.05) is 50.8 Å². The first-order valence-electron chi connectivity index (χ1n) is 10.6. The lowest BCUT2D eigenvalue weighted by Crippen LogP contribution is -2.41. The van der Waals surface area contributed by atoms with Crippen LogP contribution in [0, 0.1) is 5.92 Å². The van der Waals surface area contributed by atoms with E-state index in [0.717, 1.165) is 37.9 Å². The van der Waals surface area contributed by atoms with E-state index in [4.69, 9.17) is 0 Å². The Balaban J connectivity index is 1.61. The Labute approximate surface area is 169 Å². The van der Waals surface area contributed by atoms with E-state index in [1.54, 1.807) is 0 Å². The molecule has 1 amide bonds. The normalized spacial score (nSPS) is 23.5. The summed E-state index contributed by atoms with van der Waals surface area (Å²) in [5.74, 6) is 1.70. The number of guanidine groups is 1. The lowest BCUT2D eigenvalue weighted by Gasteiger charge is -2.29. The Morgan fingerprint density at radius 1 is 1.18 bits per heavy atom. The van der Waals surface area contributed by atoms with Crippen LogP contribution in [0.3, 0.4) is 0 Å². The van der Waals surface area contributed by atoms with Gasteiger partial charge in [-0.1, -0.05) is 6.92 Å². The fraction of sp³-hybridized carbons (Fsp3) is 0.895. The second-order valence-corrected chi connectivity index (χ2v) is 10.2. The van der Waals surface area contributed by atoms with Gasteiger partial charge in [0.15, 0.2) is 15.8 Å². The summed E-state index contributed by atoms with van der Waals surface area (Å²) in [6, 6.07) is -0.239. The van der Waals surface area contributed by atoms with Crippen LogP contribution >= 0.6 is 0 Å². The van der Waals surface area contributed by atoms with Gasteiger partial charge >= 0.3 is 0 Å². The molecule has 2 fully saturated rings. The molecule has 0 saturated carbocycles. The van der Waals surface area contributed by atoms with Crippen LogP contribution in [-0.4, -0.2) is 82.0 Å². The van der Waals surface area contributed by atoms with Crippen LogP contribution in [0.1, 0.15) is 46.0 Å². The first-order valence-corrected chi connectivity index (χ1v) is 12.4. The summed E-state index contributed by atoms with van der Waals surface area (Å²) in [5.41, 5.74) is 0. The highest BCUT2D eigenvalue weighted by Crippen LogP contribution is 2.15. The average Bonchev–Trinajstić information content (AvgIpc) is 2.98. The predicted octanol–water partition coefficient (Wildman–Crippen LogP) is 0.357. The molecule has 1 unspecified atom stereocenters. The molecule has 2 saturated heterocycles. The molecule has 0 radical (unpaired) electrons. The van der Waals surface area contributed by atoms with Crippen molar-refractivity contribution >= 4 is 21.7 Å². The standard InChI is InChI=1S/C19H37N5O3S/c1-3-20-19(21-9-4-11-24-12-6-16(2)7-13-24)22-10-5-18(25)23-17-8-14-28(26,27)15-17/h16-17H,3-15H2,1-2H3,(H,23,25)(H2,20,21,22). The van der Waals surface area contributed by atoms with Crippen molar-refractivity contribution in [2.45, 2.75) is 52.0 Å². The number of rotatable bonds is 9. The van der Waals surface area contributed by atoms with Gasteiger partial charge in [0.25, 0.3) is 0 Å². The zero-order valence-electron chi connectivity index (χ0n) is 17.4. The number of nitrogens with zero attached hydrogens (tertiary/aromatic N) is 2. The van der Waals surface area contributed by atoms with Gasteiger partial charge in [-0.2, -0.15) is 0 Å². The number of hydrogen-bond acceptors (Lipinski definition) is 5. The zero-order valence-corrected chi connectivity index (χ0v) is 18.2. The molecule has 0 aromatic heterocycles. The first-order chi connectivity index (χ1) is 13.4. The minimum absolute atomic E-state index is 0.0617. The molecular weight excluding hydrogens is 378 g/mol. The van der Waals surface area contributed by atoms with Gasteiger partial charge in [0, 0.05) is 32.1 Å². The molecule has 2 heterocycles. The maximum atomic E-state index is 12.0. The number of carbonyl (C=O) groups is 1. The number of amides is 1. The molecule has 0 aromatic rings. The molecule has 8 nitrogen and oxygen atoms in total. The van der Waals surface area contributed by atoms with E-state index >= 15 is 0 Å². The van der Waals surface area contributed by atoms with Crippen LogP contribution in [0.4, 0.5) is 0 Å². The Hall–Kier alpha value is -1.35. The summed E-state index contributed by atoms with van der Waals surface area (Å²) < 4.78 is 22.9. The molecule has 0 spiro atoms. The summed E-state index contributed by atoms with van der Waals surface area (Å²) in [4.78, 5) is 19.1. The number of aliphatic imine (C=N–C) groups is 1. The average molecular weight is 416 g/mol. The highest BCUT2D eigenvalue weighted by Gasteiger charge is 2.28. The van der Waals surface area contributed by atoms with Crippen molar-refractivity contribution < 1.29 is 13.2 Å². The minimum atomic E-state index is -2.97. The van der Waals surface area contributed by atoms with E-state index in [9.17, 15) is 13.2 Å². The third-order valence-electron chi connectivity index (χ3n) is 5.36. The van der Waals surface area contributed by atoms with Gasteiger partial charge in [-0.3, -0.25) is 9.79 Å². The van der Waals surface area contributed by atoms with Gasteiger partial charge < -0.3 is 20.9 Å². The third-order valence-corrected chi connectivity index (χ3v) is 7.13. The van der Waals surface area contributed by atoms with Crippen molar-refractivity contribution in [3.05, 3.63) is 0 Å². The van der Waals surface area contributed by atoms with Crippen LogP contribution in [0.5, 0.6) is 0 Å². The molecule has 9 heteroatoms. The molecule has 162 valence electrons. The third kappa shape index (κ3) is 8.77. The second-order valence-electron chi connectivity index (χ2n) is 7.98. The van der Waals surface area contributed by atoms with Crippen LogP contribution in [-0.2, 0) is 14.6 Å². The van der Waals surface area contributed by atoms with Crippen molar-refractivity contribution in [3.63, 3.8) is 0 Å². The van der Waals surface area contributed by atoms with Gasteiger partial charge in [0.05, 0.1) is 11.5 Å². The van der Waals surface area contributed by atoms with Gasteiger partial charge in [-0.15, -0.1) is 0 Å². The zero-order chi connectivity index (χ0) is 20.4. The van der Waals surface area contributed by atoms with E-state index in [1.807, 2.05) is 6.92 Å².